The summed E-state index contributed by atoms with van der Waals surface area (Å²) >= 11 is 1.80. The van der Waals surface area contributed by atoms with Gasteiger partial charge in [0, 0.05) is 40.6 Å². The Balaban J connectivity index is 2.24. The number of hydrogen-bond acceptors (Lipinski definition) is 3. The molecule has 1 saturated heterocycles. The highest BCUT2D eigenvalue weighted by molar-refractivity contribution is 8.14. The molecule has 0 amide bonds. The Morgan fingerprint density at radius 3 is 3.00 bits per heavy atom. The van der Waals surface area contributed by atoms with E-state index < -0.39 is 10.8 Å². The SMILES string of the molecule is CCC1CSC(=NCCC(C)S(C)=O)N1. The van der Waals surface area contributed by atoms with E-state index in [4.69, 9.17) is 0 Å². The average Bonchev–Trinajstić information content (AvgIpc) is 2.65. The summed E-state index contributed by atoms with van der Waals surface area (Å²) in [5.41, 5.74) is 0. The van der Waals surface area contributed by atoms with Gasteiger partial charge >= 0.3 is 0 Å². The van der Waals surface area contributed by atoms with Crippen LogP contribution in [0.5, 0.6) is 0 Å². The molecule has 0 aromatic rings. The van der Waals surface area contributed by atoms with Crippen molar-refractivity contribution in [2.75, 3.05) is 18.6 Å². The first-order valence-corrected chi connectivity index (χ1v) is 8.00. The minimum atomic E-state index is -0.718. The van der Waals surface area contributed by atoms with Crippen LogP contribution in [-0.4, -0.2) is 39.2 Å². The van der Waals surface area contributed by atoms with Crippen LogP contribution in [0.3, 0.4) is 0 Å². The van der Waals surface area contributed by atoms with Crippen LogP contribution in [0.4, 0.5) is 0 Å². The molecular formula is C10H20N2OS2. The third-order valence-electron chi connectivity index (χ3n) is 2.60. The van der Waals surface area contributed by atoms with E-state index in [1.165, 1.54) is 0 Å². The molecule has 3 unspecified atom stereocenters. The summed E-state index contributed by atoms with van der Waals surface area (Å²) in [5, 5.41) is 4.70. The monoisotopic (exact) mass is 248 g/mol. The molecule has 1 heterocycles. The molecule has 3 atom stereocenters. The molecule has 1 aliphatic heterocycles. The first kappa shape index (κ1) is 13.0. The molecule has 0 saturated carbocycles. The highest BCUT2D eigenvalue weighted by atomic mass is 32.2. The summed E-state index contributed by atoms with van der Waals surface area (Å²) in [5.74, 6) is 1.13. The van der Waals surface area contributed by atoms with Crippen LogP contribution in [0.25, 0.3) is 0 Å². The number of aliphatic imine (C=N–C) groups is 1. The van der Waals surface area contributed by atoms with E-state index in [-0.39, 0.29) is 5.25 Å². The van der Waals surface area contributed by atoms with Crippen molar-refractivity contribution in [3.63, 3.8) is 0 Å². The molecule has 3 nitrogen and oxygen atoms in total. The van der Waals surface area contributed by atoms with Crippen molar-refractivity contribution < 1.29 is 4.21 Å². The van der Waals surface area contributed by atoms with E-state index in [0.717, 1.165) is 30.3 Å². The van der Waals surface area contributed by atoms with Crippen molar-refractivity contribution in [3.8, 4) is 0 Å². The summed E-state index contributed by atoms with van der Waals surface area (Å²) in [7, 11) is -0.718. The Hall–Kier alpha value is -0.0300. The maximum atomic E-state index is 11.1. The van der Waals surface area contributed by atoms with Gasteiger partial charge < -0.3 is 5.32 Å². The smallest absolute Gasteiger partial charge is 0.156 e. The molecule has 0 aromatic carbocycles. The Morgan fingerprint density at radius 1 is 1.73 bits per heavy atom. The largest absolute Gasteiger partial charge is 0.361 e. The number of nitrogens with zero attached hydrogens (tertiary/aromatic N) is 1. The number of amidine groups is 1. The Bertz CT molecular complexity index is 256. The quantitative estimate of drug-likeness (QED) is 0.804. The second kappa shape index (κ2) is 6.53. The van der Waals surface area contributed by atoms with Gasteiger partial charge in [-0.3, -0.25) is 9.20 Å². The van der Waals surface area contributed by atoms with Crippen LogP contribution < -0.4 is 5.32 Å². The lowest BCUT2D eigenvalue weighted by atomic mass is 10.3. The van der Waals surface area contributed by atoms with Crippen LogP contribution in [0.15, 0.2) is 4.99 Å². The van der Waals surface area contributed by atoms with Gasteiger partial charge in [-0.15, -0.1) is 0 Å². The van der Waals surface area contributed by atoms with Gasteiger partial charge in [0.1, 0.15) is 0 Å². The molecule has 88 valence electrons. The molecule has 0 spiro atoms. The minimum absolute atomic E-state index is 0.253. The standard InChI is InChI=1S/C10H20N2OS2/c1-4-9-7-14-10(12-9)11-6-5-8(2)15(3)13/h8-9H,4-7H2,1-3H3,(H,11,12). The highest BCUT2D eigenvalue weighted by Gasteiger charge is 2.17. The summed E-state index contributed by atoms with van der Waals surface area (Å²) in [6.07, 6.45) is 3.82. The first-order valence-electron chi connectivity index (χ1n) is 5.39. The van der Waals surface area contributed by atoms with E-state index in [9.17, 15) is 4.21 Å². The Morgan fingerprint density at radius 2 is 2.47 bits per heavy atom. The molecule has 0 aliphatic carbocycles. The fraction of sp³-hybridized carbons (Fsp3) is 0.900. The van der Waals surface area contributed by atoms with E-state index in [1.807, 2.05) is 6.92 Å². The van der Waals surface area contributed by atoms with Crippen LogP contribution in [0.2, 0.25) is 0 Å². The lowest BCUT2D eigenvalue weighted by Crippen LogP contribution is -2.26. The third-order valence-corrected chi connectivity index (χ3v) is 5.06. The van der Waals surface area contributed by atoms with Gasteiger partial charge in [-0.25, -0.2) is 0 Å². The molecule has 5 heteroatoms. The van der Waals surface area contributed by atoms with Crippen molar-refractivity contribution in [2.45, 2.75) is 38.0 Å². The predicted octanol–water partition coefficient (Wildman–Crippen LogP) is 1.61. The van der Waals surface area contributed by atoms with Gasteiger partial charge in [-0.2, -0.15) is 0 Å². The molecule has 0 radical (unpaired) electrons. The normalized spacial score (nSPS) is 27.7. The van der Waals surface area contributed by atoms with Crippen molar-refractivity contribution in [3.05, 3.63) is 0 Å². The highest BCUT2D eigenvalue weighted by Crippen LogP contribution is 2.15. The van der Waals surface area contributed by atoms with Gasteiger partial charge in [0.05, 0.1) is 0 Å². The maximum absolute atomic E-state index is 11.1. The van der Waals surface area contributed by atoms with Gasteiger partial charge in [-0.05, 0) is 12.8 Å². The zero-order valence-electron chi connectivity index (χ0n) is 9.66. The zero-order valence-corrected chi connectivity index (χ0v) is 11.3. The van der Waals surface area contributed by atoms with E-state index in [2.05, 4.69) is 17.2 Å². The zero-order chi connectivity index (χ0) is 11.3. The molecule has 1 fully saturated rings. The minimum Gasteiger partial charge on any atom is -0.361 e. The molecule has 1 N–H and O–H groups in total. The Kier molecular flexibility index (Phi) is 5.68. The third kappa shape index (κ3) is 4.55. The Labute approximate surface area is 99.0 Å². The van der Waals surface area contributed by atoms with Gasteiger partial charge in [0.2, 0.25) is 0 Å². The van der Waals surface area contributed by atoms with Gasteiger partial charge in [-0.1, -0.05) is 25.6 Å². The molecular weight excluding hydrogens is 228 g/mol. The molecule has 1 rings (SSSR count). The molecule has 0 bridgehead atoms. The van der Waals surface area contributed by atoms with E-state index in [1.54, 1.807) is 18.0 Å². The maximum Gasteiger partial charge on any atom is 0.156 e. The van der Waals surface area contributed by atoms with Gasteiger partial charge in [0.15, 0.2) is 5.17 Å². The summed E-state index contributed by atoms with van der Waals surface area (Å²) < 4.78 is 11.1. The predicted molar refractivity (Wildman–Crippen MR) is 70.1 cm³/mol. The first-order chi connectivity index (χ1) is 7.13. The van der Waals surface area contributed by atoms with Crippen molar-refractivity contribution in [1.82, 2.24) is 5.32 Å². The number of nitrogens with one attached hydrogen (secondary N) is 1. The molecule has 0 aromatic heterocycles. The number of hydrogen-bond donors (Lipinski definition) is 1. The summed E-state index contributed by atoms with van der Waals surface area (Å²) in [6, 6.07) is 0.589. The summed E-state index contributed by atoms with van der Waals surface area (Å²) in [6.45, 7) is 4.98. The van der Waals surface area contributed by atoms with Crippen LogP contribution >= 0.6 is 11.8 Å². The van der Waals surface area contributed by atoms with Crippen LogP contribution in [0, 0.1) is 0 Å². The second-order valence-corrected chi connectivity index (χ2v) is 6.66. The lowest BCUT2D eigenvalue weighted by Gasteiger charge is -2.06. The fourth-order valence-electron chi connectivity index (χ4n) is 1.26. The lowest BCUT2D eigenvalue weighted by molar-refractivity contribution is 0.662. The fourth-order valence-corrected chi connectivity index (χ4v) is 2.81. The van der Waals surface area contributed by atoms with E-state index in [0.29, 0.717) is 6.04 Å². The van der Waals surface area contributed by atoms with Crippen molar-refractivity contribution >= 4 is 27.7 Å². The topological polar surface area (TPSA) is 41.5 Å². The molecule has 15 heavy (non-hydrogen) atoms. The van der Waals surface area contributed by atoms with Crippen molar-refractivity contribution in [1.29, 1.82) is 0 Å². The number of thioether (sulfide) groups is 1. The van der Waals surface area contributed by atoms with Gasteiger partial charge in [0.25, 0.3) is 0 Å². The average molecular weight is 248 g/mol. The number of rotatable bonds is 5. The van der Waals surface area contributed by atoms with E-state index >= 15 is 0 Å². The van der Waals surface area contributed by atoms with Crippen LogP contribution in [-0.2, 0) is 10.8 Å². The summed E-state index contributed by atoms with van der Waals surface area (Å²) in [4.78, 5) is 4.48. The second-order valence-electron chi connectivity index (χ2n) is 3.85. The van der Waals surface area contributed by atoms with Crippen LogP contribution in [0.1, 0.15) is 26.7 Å². The van der Waals surface area contributed by atoms with Crippen molar-refractivity contribution in [2.24, 2.45) is 4.99 Å². The molecule has 1 aliphatic rings.